The van der Waals surface area contributed by atoms with Crippen LogP contribution in [0.3, 0.4) is 0 Å². The molecule has 0 aromatic heterocycles. The third-order valence-electron chi connectivity index (χ3n) is 2.00. The highest BCUT2D eigenvalue weighted by Crippen LogP contribution is 2.11. The van der Waals surface area contributed by atoms with Gasteiger partial charge in [-0.25, -0.2) is 0 Å². The summed E-state index contributed by atoms with van der Waals surface area (Å²) in [5.41, 5.74) is 1.24. The van der Waals surface area contributed by atoms with Crippen LogP contribution >= 0.6 is 15.9 Å². The minimum Gasteiger partial charge on any atom is -0.481 e. The van der Waals surface area contributed by atoms with Gasteiger partial charge in [0.25, 0.3) is 0 Å². The molecule has 0 heterocycles. The summed E-state index contributed by atoms with van der Waals surface area (Å²) in [6, 6.07) is 8.11. The number of carboxylic acids is 1. The number of nitrogens with one attached hydrogen (secondary N) is 1. The molecule has 0 aliphatic carbocycles. The first-order valence-corrected chi connectivity index (χ1v) is 5.65. The maximum absolute atomic E-state index is 10.2. The quantitative estimate of drug-likeness (QED) is 0.779. The number of hydrogen-bond donors (Lipinski definition) is 2. The van der Waals surface area contributed by atoms with E-state index in [1.807, 2.05) is 12.1 Å². The smallest absolute Gasteiger partial charge is 0.304 e. The zero-order valence-electron chi connectivity index (χ0n) is 8.37. The van der Waals surface area contributed by atoms with Gasteiger partial charge in [-0.3, -0.25) is 4.79 Å². The Bertz CT molecular complexity index is 328. The highest BCUT2D eigenvalue weighted by Gasteiger charge is 1.96. The Hall–Kier alpha value is -0.870. The monoisotopic (exact) mass is 271 g/mol. The molecule has 0 bridgehead atoms. The fourth-order valence-electron chi connectivity index (χ4n) is 1.25. The Morgan fingerprint density at radius 1 is 1.40 bits per heavy atom. The van der Waals surface area contributed by atoms with Crippen LogP contribution in [0, 0.1) is 0 Å². The predicted octanol–water partition coefficient (Wildman–Crippen LogP) is 2.06. The van der Waals surface area contributed by atoms with Crippen LogP contribution in [0.2, 0.25) is 0 Å². The molecule has 0 aliphatic heterocycles. The molecule has 0 radical (unpaired) electrons. The van der Waals surface area contributed by atoms with Gasteiger partial charge in [0.2, 0.25) is 0 Å². The Balaban J connectivity index is 2.17. The molecule has 0 aliphatic rings. The molecule has 0 fully saturated rings. The highest BCUT2D eigenvalue weighted by molar-refractivity contribution is 9.10. The van der Waals surface area contributed by atoms with Crippen molar-refractivity contribution in [2.75, 3.05) is 13.1 Å². The van der Waals surface area contributed by atoms with Gasteiger partial charge < -0.3 is 10.4 Å². The highest BCUT2D eigenvalue weighted by atomic mass is 79.9. The van der Waals surface area contributed by atoms with E-state index in [1.54, 1.807) is 0 Å². The molecular weight excluding hydrogens is 258 g/mol. The lowest BCUT2D eigenvalue weighted by Crippen LogP contribution is -2.20. The predicted molar refractivity (Wildman–Crippen MR) is 63.0 cm³/mol. The van der Waals surface area contributed by atoms with Crippen LogP contribution in [0.25, 0.3) is 0 Å². The lowest BCUT2D eigenvalue weighted by molar-refractivity contribution is -0.136. The third kappa shape index (κ3) is 5.54. The van der Waals surface area contributed by atoms with E-state index >= 15 is 0 Å². The van der Waals surface area contributed by atoms with Gasteiger partial charge in [0.05, 0.1) is 6.42 Å². The Labute approximate surface area is 97.6 Å². The van der Waals surface area contributed by atoms with Crippen molar-refractivity contribution in [1.82, 2.24) is 5.32 Å². The van der Waals surface area contributed by atoms with E-state index in [-0.39, 0.29) is 6.42 Å². The zero-order valence-corrected chi connectivity index (χ0v) is 9.96. The molecule has 4 heteroatoms. The second kappa shape index (κ2) is 6.58. The normalized spacial score (nSPS) is 10.2. The summed E-state index contributed by atoms with van der Waals surface area (Å²) in [6.45, 7) is 1.34. The van der Waals surface area contributed by atoms with Crippen molar-refractivity contribution in [1.29, 1.82) is 0 Å². The standard InChI is InChI=1S/C11H14BrNO2/c12-10-3-1-2-9(8-10)4-6-13-7-5-11(14)15/h1-3,8,13H,4-7H2,(H,14,15). The van der Waals surface area contributed by atoms with Crippen molar-refractivity contribution < 1.29 is 9.90 Å². The summed E-state index contributed by atoms with van der Waals surface area (Å²) in [6.07, 6.45) is 1.09. The molecule has 1 aromatic rings. The zero-order chi connectivity index (χ0) is 11.1. The van der Waals surface area contributed by atoms with Crippen LogP contribution < -0.4 is 5.32 Å². The Morgan fingerprint density at radius 3 is 2.87 bits per heavy atom. The average molecular weight is 272 g/mol. The van der Waals surface area contributed by atoms with Gasteiger partial charge in [0.1, 0.15) is 0 Å². The van der Waals surface area contributed by atoms with Gasteiger partial charge in [-0.1, -0.05) is 28.1 Å². The number of halogens is 1. The van der Waals surface area contributed by atoms with Crippen LogP contribution in [0.4, 0.5) is 0 Å². The van der Waals surface area contributed by atoms with Crippen molar-refractivity contribution in [3.63, 3.8) is 0 Å². The topological polar surface area (TPSA) is 49.3 Å². The summed E-state index contributed by atoms with van der Waals surface area (Å²) in [4.78, 5) is 10.2. The molecule has 1 rings (SSSR count). The van der Waals surface area contributed by atoms with E-state index in [0.29, 0.717) is 6.54 Å². The molecule has 0 saturated carbocycles. The fraction of sp³-hybridized carbons (Fsp3) is 0.364. The molecular formula is C11H14BrNO2. The van der Waals surface area contributed by atoms with Crippen molar-refractivity contribution >= 4 is 21.9 Å². The lowest BCUT2D eigenvalue weighted by Gasteiger charge is -2.03. The number of benzene rings is 1. The van der Waals surface area contributed by atoms with Crippen LogP contribution in [-0.4, -0.2) is 24.2 Å². The molecule has 0 unspecified atom stereocenters. The number of aliphatic carboxylic acids is 1. The molecule has 0 atom stereocenters. The number of rotatable bonds is 6. The first-order valence-electron chi connectivity index (χ1n) is 4.85. The van der Waals surface area contributed by atoms with Crippen LogP contribution in [0.15, 0.2) is 28.7 Å². The summed E-state index contributed by atoms with van der Waals surface area (Å²) in [5, 5.41) is 11.5. The van der Waals surface area contributed by atoms with Gasteiger partial charge in [0.15, 0.2) is 0 Å². The molecule has 2 N–H and O–H groups in total. The van der Waals surface area contributed by atoms with E-state index in [9.17, 15) is 4.79 Å². The molecule has 82 valence electrons. The molecule has 1 aromatic carbocycles. The van der Waals surface area contributed by atoms with E-state index < -0.39 is 5.97 Å². The van der Waals surface area contributed by atoms with E-state index in [1.165, 1.54) is 5.56 Å². The third-order valence-corrected chi connectivity index (χ3v) is 2.49. The largest absolute Gasteiger partial charge is 0.481 e. The van der Waals surface area contributed by atoms with Crippen LogP contribution in [-0.2, 0) is 11.2 Å². The Kier molecular flexibility index (Phi) is 5.36. The maximum Gasteiger partial charge on any atom is 0.304 e. The molecule has 15 heavy (non-hydrogen) atoms. The second-order valence-corrected chi connectivity index (χ2v) is 4.19. The van der Waals surface area contributed by atoms with Gasteiger partial charge in [-0.2, -0.15) is 0 Å². The molecule has 0 saturated heterocycles. The molecule has 3 nitrogen and oxygen atoms in total. The summed E-state index contributed by atoms with van der Waals surface area (Å²) in [7, 11) is 0. The van der Waals surface area contributed by atoms with Crippen molar-refractivity contribution in [3.8, 4) is 0 Å². The first-order chi connectivity index (χ1) is 7.18. The number of hydrogen-bond acceptors (Lipinski definition) is 2. The van der Waals surface area contributed by atoms with Gasteiger partial charge in [-0.05, 0) is 30.7 Å². The summed E-state index contributed by atoms with van der Waals surface area (Å²) < 4.78 is 1.07. The molecule has 0 spiro atoms. The van der Waals surface area contributed by atoms with E-state index in [2.05, 4.69) is 33.4 Å². The minimum absolute atomic E-state index is 0.179. The van der Waals surface area contributed by atoms with Crippen LogP contribution in [0.1, 0.15) is 12.0 Å². The SMILES string of the molecule is O=C(O)CCNCCc1cccc(Br)c1. The summed E-state index contributed by atoms with van der Waals surface area (Å²) >= 11 is 3.41. The van der Waals surface area contributed by atoms with Crippen molar-refractivity contribution in [2.45, 2.75) is 12.8 Å². The average Bonchev–Trinajstić information content (AvgIpc) is 2.17. The van der Waals surface area contributed by atoms with Crippen LogP contribution in [0.5, 0.6) is 0 Å². The maximum atomic E-state index is 10.2. The first kappa shape index (κ1) is 12.2. The number of carbonyl (C=O) groups is 1. The van der Waals surface area contributed by atoms with Gasteiger partial charge in [0, 0.05) is 11.0 Å². The second-order valence-electron chi connectivity index (χ2n) is 3.27. The van der Waals surface area contributed by atoms with E-state index in [4.69, 9.17) is 5.11 Å². The van der Waals surface area contributed by atoms with Crippen molar-refractivity contribution in [2.24, 2.45) is 0 Å². The summed E-state index contributed by atoms with van der Waals surface area (Å²) in [5.74, 6) is -0.759. The lowest BCUT2D eigenvalue weighted by atomic mass is 10.1. The fourth-order valence-corrected chi connectivity index (χ4v) is 1.69. The van der Waals surface area contributed by atoms with E-state index in [0.717, 1.165) is 17.4 Å². The van der Waals surface area contributed by atoms with Gasteiger partial charge >= 0.3 is 5.97 Å². The van der Waals surface area contributed by atoms with Crippen molar-refractivity contribution in [3.05, 3.63) is 34.3 Å². The minimum atomic E-state index is -0.759. The Morgan fingerprint density at radius 2 is 2.20 bits per heavy atom. The number of carboxylic acid groups (broad SMARTS) is 1. The van der Waals surface area contributed by atoms with Gasteiger partial charge in [-0.15, -0.1) is 0 Å². The molecule has 0 amide bonds.